The van der Waals surface area contributed by atoms with Gasteiger partial charge in [-0.15, -0.1) is 34.8 Å². The standard InChI is InChI=1S/C20H25ClO6S.C10H13ClO2.C10H12O4S.C7H8O.C3H5ClO/c1-16-7-9-20(10-8-16)28(23,24)26-15-19(12-22)27-18(11-21)14-25-13-17-5-3-2-4-6-17;11-6-10(12)8-13-7-9-4-2-1-3-5-9;1-8-2-4-10(5-3-8)15(11,12)14-7-9-6-13-9;8-6-7-4-2-1-3-5-7;4-1-3-2-5-3/h2-10,18-19,22H,11-15H2,1H3;1-5,10,12H,6-8H2;2-5,9H,6-7H2,1H3;1-5,8H,6H2;3H,1-2H2/t18-,19+;10-;9-;;3-/m110.0/s1. The minimum atomic E-state index is -3.93. The fourth-order valence-electron chi connectivity index (χ4n) is 5.12. The molecule has 2 aliphatic heterocycles. The highest BCUT2D eigenvalue weighted by Gasteiger charge is 2.27. The number of aryl methyl sites for hydroxylation is 2. The lowest BCUT2D eigenvalue weighted by molar-refractivity contribution is -0.0798. The number of hydrogen-bond donors (Lipinski definition) is 3. The third-order valence-corrected chi connectivity index (χ3v) is 12.9. The summed E-state index contributed by atoms with van der Waals surface area (Å²) < 4.78 is 83.6. The van der Waals surface area contributed by atoms with E-state index in [1.165, 1.54) is 12.1 Å². The number of halogens is 3. The summed E-state index contributed by atoms with van der Waals surface area (Å²) in [4.78, 5) is 0.239. The Morgan fingerprint density at radius 3 is 1.36 bits per heavy atom. The average molecular weight is 1060 g/mol. The van der Waals surface area contributed by atoms with Crippen LogP contribution < -0.4 is 0 Å². The Balaban J connectivity index is 0.000000256. The molecule has 5 atom stereocenters. The van der Waals surface area contributed by atoms with Crippen molar-refractivity contribution in [2.75, 3.05) is 63.9 Å². The van der Waals surface area contributed by atoms with E-state index < -0.39 is 45.2 Å². The van der Waals surface area contributed by atoms with Crippen molar-refractivity contribution in [1.29, 1.82) is 0 Å². The molecule has 5 aromatic rings. The van der Waals surface area contributed by atoms with Crippen molar-refractivity contribution in [3.8, 4) is 0 Å². The first-order chi connectivity index (χ1) is 33.2. The smallest absolute Gasteiger partial charge is 0.297 e. The molecule has 5 aromatic carbocycles. The third-order valence-electron chi connectivity index (χ3n) is 9.22. The van der Waals surface area contributed by atoms with Crippen molar-refractivity contribution in [1.82, 2.24) is 0 Å². The number of alkyl halides is 3. The summed E-state index contributed by atoms with van der Waals surface area (Å²) in [6, 6.07) is 41.9. The molecule has 0 amide bonds. The van der Waals surface area contributed by atoms with Crippen LogP contribution in [-0.4, -0.2) is 127 Å². The zero-order chi connectivity index (χ0) is 50.3. The minimum Gasteiger partial charge on any atom is -0.394 e. The number of ether oxygens (including phenoxy) is 5. The Hall–Kier alpha value is -3.53. The summed E-state index contributed by atoms with van der Waals surface area (Å²) in [6.45, 7) is 6.17. The molecule has 2 fully saturated rings. The Kier molecular flexibility index (Phi) is 29.4. The molecule has 3 N–H and O–H groups in total. The third kappa shape index (κ3) is 27.0. The fraction of sp³-hybridized carbons (Fsp3) is 0.400. The lowest BCUT2D eigenvalue weighted by atomic mass is 10.2. The van der Waals surface area contributed by atoms with Gasteiger partial charge in [0, 0.05) is 0 Å². The fourth-order valence-corrected chi connectivity index (χ4v) is 7.43. The average Bonchev–Trinajstić information content (AvgIpc) is 4.33. The molecule has 380 valence electrons. The maximum Gasteiger partial charge on any atom is 0.297 e. The second-order valence-corrected chi connectivity index (χ2v) is 19.5. The van der Waals surface area contributed by atoms with Gasteiger partial charge in [0.1, 0.15) is 12.2 Å². The van der Waals surface area contributed by atoms with Crippen molar-refractivity contribution in [2.24, 2.45) is 0 Å². The molecule has 2 heterocycles. The van der Waals surface area contributed by atoms with E-state index >= 15 is 0 Å². The molecule has 14 nitrogen and oxygen atoms in total. The zero-order valence-electron chi connectivity index (χ0n) is 38.6. The van der Waals surface area contributed by atoms with Crippen molar-refractivity contribution in [3.05, 3.63) is 167 Å². The summed E-state index contributed by atoms with van der Waals surface area (Å²) in [6.07, 6.45) is -1.57. The van der Waals surface area contributed by atoms with Gasteiger partial charge in [-0.2, -0.15) is 16.8 Å². The molecule has 0 aliphatic carbocycles. The van der Waals surface area contributed by atoms with E-state index in [1.54, 1.807) is 36.4 Å². The van der Waals surface area contributed by atoms with Gasteiger partial charge in [0.2, 0.25) is 0 Å². The lowest BCUT2D eigenvalue weighted by Crippen LogP contribution is -2.33. The molecular weight excluding hydrogens is 995 g/mol. The summed E-state index contributed by atoms with van der Waals surface area (Å²) in [5, 5.41) is 27.1. The number of benzene rings is 5. The lowest BCUT2D eigenvalue weighted by Gasteiger charge is -2.22. The normalized spacial score (nSPS) is 16.0. The summed E-state index contributed by atoms with van der Waals surface area (Å²) >= 11 is 16.6. The van der Waals surface area contributed by atoms with Crippen molar-refractivity contribution >= 4 is 55.0 Å². The topological polar surface area (TPSA) is 200 Å². The monoisotopic (exact) mass is 1060 g/mol. The van der Waals surface area contributed by atoms with E-state index in [0.717, 1.165) is 34.4 Å². The van der Waals surface area contributed by atoms with E-state index in [2.05, 4.69) is 0 Å². The van der Waals surface area contributed by atoms with Gasteiger partial charge in [0.25, 0.3) is 20.2 Å². The van der Waals surface area contributed by atoms with Gasteiger partial charge < -0.3 is 39.0 Å². The summed E-state index contributed by atoms with van der Waals surface area (Å²) in [7, 11) is -7.55. The van der Waals surface area contributed by atoms with Crippen LogP contribution in [0.4, 0.5) is 0 Å². The Morgan fingerprint density at radius 2 is 1.00 bits per heavy atom. The van der Waals surface area contributed by atoms with Crippen LogP contribution in [0.3, 0.4) is 0 Å². The molecule has 0 spiro atoms. The van der Waals surface area contributed by atoms with E-state index in [9.17, 15) is 21.9 Å². The van der Waals surface area contributed by atoms with Crippen molar-refractivity contribution < 1.29 is 64.2 Å². The molecular formula is C50H63Cl3O14S2. The first-order valence-corrected chi connectivity index (χ1v) is 26.3. The van der Waals surface area contributed by atoms with Gasteiger partial charge in [-0.05, 0) is 54.8 Å². The van der Waals surface area contributed by atoms with Crippen LogP contribution in [0.1, 0.15) is 27.8 Å². The molecule has 0 unspecified atom stereocenters. The highest BCUT2D eigenvalue weighted by Crippen LogP contribution is 2.18. The Bertz CT molecular complexity index is 2290. The molecule has 19 heteroatoms. The maximum atomic E-state index is 12.2. The van der Waals surface area contributed by atoms with Crippen LogP contribution in [-0.2, 0) is 72.1 Å². The van der Waals surface area contributed by atoms with Gasteiger partial charge in [-0.1, -0.05) is 126 Å². The minimum absolute atomic E-state index is 0.0507. The number of aliphatic hydroxyl groups is 3. The van der Waals surface area contributed by atoms with Gasteiger partial charge in [0.15, 0.2) is 0 Å². The Labute approximate surface area is 422 Å². The molecule has 0 aromatic heterocycles. The van der Waals surface area contributed by atoms with E-state index in [0.29, 0.717) is 38.4 Å². The van der Waals surface area contributed by atoms with E-state index in [4.69, 9.17) is 77.1 Å². The molecule has 0 bridgehead atoms. The number of aliphatic hydroxyl groups excluding tert-OH is 3. The summed E-state index contributed by atoms with van der Waals surface area (Å²) in [5.74, 6) is 1.02. The zero-order valence-corrected chi connectivity index (χ0v) is 42.5. The first-order valence-electron chi connectivity index (χ1n) is 21.9. The molecule has 0 saturated carbocycles. The van der Waals surface area contributed by atoms with Gasteiger partial charge >= 0.3 is 0 Å². The second kappa shape index (κ2) is 33.9. The van der Waals surface area contributed by atoms with Crippen LogP contribution in [0.25, 0.3) is 0 Å². The molecule has 0 radical (unpaired) electrons. The quantitative estimate of drug-likeness (QED) is 0.0328. The highest BCUT2D eigenvalue weighted by molar-refractivity contribution is 7.87. The second-order valence-electron chi connectivity index (χ2n) is 15.3. The van der Waals surface area contributed by atoms with Crippen LogP contribution in [0.5, 0.6) is 0 Å². The van der Waals surface area contributed by atoms with Crippen LogP contribution >= 0.6 is 34.8 Å². The molecule has 2 saturated heterocycles. The number of epoxide rings is 2. The molecule has 2 aliphatic rings. The molecule has 69 heavy (non-hydrogen) atoms. The van der Waals surface area contributed by atoms with Crippen LogP contribution in [0.15, 0.2) is 149 Å². The Morgan fingerprint density at radius 1 is 0.565 bits per heavy atom. The van der Waals surface area contributed by atoms with Gasteiger partial charge in [-0.25, -0.2) is 0 Å². The number of rotatable bonds is 23. The van der Waals surface area contributed by atoms with Crippen molar-refractivity contribution in [2.45, 2.75) is 74.0 Å². The first kappa shape index (κ1) is 59.8. The maximum absolute atomic E-state index is 12.2. The van der Waals surface area contributed by atoms with E-state index in [1.807, 2.05) is 105 Å². The largest absolute Gasteiger partial charge is 0.394 e. The van der Waals surface area contributed by atoms with Crippen molar-refractivity contribution in [3.63, 3.8) is 0 Å². The molecule has 7 rings (SSSR count). The highest BCUT2D eigenvalue weighted by atomic mass is 35.5. The summed E-state index contributed by atoms with van der Waals surface area (Å²) in [5.41, 5.74) is 5.04. The van der Waals surface area contributed by atoms with E-state index in [-0.39, 0.29) is 54.1 Å². The SMILES string of the molecule is Cc1ccc(S(=O)(=O)OC[C@@H]2CO2)cc1.Cc1ccc(S(=O)(=O)OC[C@H](CO)O[C@H](CCl)COCc2ccccc2)cc1.ClC[C@H]1CO1.OCc1ccccc1.O[C@H](CCl)COCc1ccccc1. The number of hydrogen-bond acceptors (Lipinski definition) is 14. The van der Waals surface area contributed by atoms with Gasteiger partial charge in [0.05, 0.1) is 112 Å². The predicted octanol–water partition coefficient (Wildman–Crippen LogP) is 7.61. The van der Waals surface area contributed by atoms with Crippen LogP contribution in [0.2, 0.25) is 0 Å². The van der Waals surface area contributed by atoms with Crippen LogP contribution in [0, 0.1) is 13.8 Å². The van der Waals surface area contributed by atoms with Gasteiger partial charge in [-0.3, -0.25) is 8.37 Å². The predicted molar refractivity (Wildman–Crippen MR) is 267 cm³/mol.